The maximum absolute atomic E-state index is 14.3. The first kappa shape index (κ1) is 15.3. The van der Waals surface area contributed by atoms with Crippen LogP contribution in [0.3, 0.4) is 0 Å². The quantitative estimate of drug-likeness (QED) is 0.906. The van der Waals surface area contributed by atoms with E-state index in [0.717, 1.165) is 30.8 Å². The van der Waals surface area contributed by atoms with E-state index in [1.165, 1.54) is 0 Å². The zero-order chi connectivity index (χ0) is 14.9. The molecule has 1 aromatic carbocycles. The molecule has 1 heterocycles. The number of nitrogens with zero attached hydrogens (tertiary/aromatic N) is 1. The topological polar surface area (TPSA) is 15.3 Å². The summed E-state index contributed by atoms with van der Waals surface area (Å²) in [5.74, 6) is 0.380. The molecule has 1 saturated heterocycles. The Balaban J connectivity index is 2.39. The second-order valence-corrected chi connectivity index (χ2v) is 6.69. The molecule has 1 fully saturated rings. The summed E-state index contributed by atoms with van der Waals surface area (Å²) in [5.41, 5.74) is 1.92. The van der Waals surface area contributed by atoms with E-state index in [1.54, 1.807) is 6.07 Å². The first-order chi connectivity index (χ1) is 9.36. The SMILES string of the molecule is CCC1(C)CN(c2cc(C)ccc2F)C(C(C)C)CN1. The maximum atomic E-state index is 14.3. The third kappa shape index (κ3) is 2.98. The molecule has 1 N–H and O–H groups in total. The number of nitrogens with one attached hydrogen (secondary N) is 1. The fourth-order valence-electron chi connectivity index (χ4n) is 2.95. The molecule has 2 nitrogen and oxygen atoms in total. The smallest absolute Gasteiger partial charge is 0.146 e. The van der Waals surface area contributed by atoms with Crippen molar-refractivity contribution in [1.82, 2.24) is 5.32 Å². The summed E-state index contributed by atoms with van der Waals surface area (Å²) in [4.78, 5) is 2.27. The van der Waals surface area contributed by atoms with Gasteiger partial charge in [-0.2, -0.15) is 0 Å². The van der Waals surface area contributed by atoms with Crippen molar-refractivity contribution in [3.05, 3.63) is 29.6 Å². The Hall–Kier alpha value is -1.09. The van der Waals surface area contributed by atoms with Crippen LogP contribution in [0.25, 0.3) is 0 Å². The highest BCUT2D eigenvalue weighted by Gasteiger charge is 2.36. The Morgan fingerprint density at radius 2 is 2.15 bits per heavy atom. The second kappa shape index (κ2) is 5.72. The zero-order valence-electron chi connectivity index (χ0n) is 13.3. The average Bonchev–Trinajstić information content (AvgIpc) is 2.41. The predicted molar refractivity (Wildman–Crippen MR) is 83.8 cm³/mol. The number of hydrogen-bond acceptors (Lipinski definition) is 2. The molecule has 0 bridgehead atoms. The molecule has 2 atom stereocenters. The van der Waals surface area contributed by atoms with Gasteiger partial charge in [0, 0.05) is 24.7 Å². The lowest BCUT2D eigenvalue weighted by molar-refractivity contribution is 0.251. The van der Waals surface area contributed by atoms with Crippen LogP contribution in [0.2, 0.25) is 0 Å². The summed E-state index contributed by atoms with van der Waals surface area (Å²) >= 11 is 0. The molecule has 1 aliphatic rings. The molecule has 20 heavy (non-hydrogen) atoms. The Bertz CT molecular complexity index is 472. The highest BCUT2D eigenvalue weighted by atomic mass is 19.1. The van der Waals surface area contributed by atoms with Gasteiger partial charge in [0.25, 0.3) is 0 Å². The number of rotatable bonds is 3. The van der Waals surface area contributed by atoms with E-state index in [4.69, 9.17) is 0 Å². The number of piperazine rings is 1. The normalized spacial score (nSPS) is 27.1. The van der Waals surface area contributed by atoms with Crippen molar-refractivity contribution in [2.24, 2.45) is 5.92 Å². The third-order valence-electron chi connectivity index (χ3n) is 4.62. The van der Waals surface area contributed by atoms with Crippen LogP contribution in [-0.2, 0) is 0 Å². The van der Waals surface area contributed by atoms with Gasteiger partial charge in [0.05, 0.1) is 5.69 Å². The van der Waals surface area contributed by atoms with Gasteiger partial charge in [0.1, 0.15) is 5.82 Å². The average molecular weight is 278 g/mol. The molecule has 3 heteroatoms. The van der Waals surface area contributed by atoms with Gasteiger partial charge in [-0.1, -0.05) is 26.8 Å². The number of benzene rings is 1. The molecule has 0 saturated carbocycles. The van der Waals surface area contributed by atoms with Gasteiger partial charge in [-0.3, -0.25) is 0 Å². The summed E-state index contributed by atoms with van der Waals surface area (Å²) in [5, 5.41) is 3.65. The summed E-state index contributed by atoms with van der Waals surface area (Å²) in [6.07, 6.45) is 1.04. The van der Waals surface area contributed by atoms with Gasteiger partial charge in [-0.05, 0) is 43.9 Å². The summed E-state index contributed by atoms with van der Waals surface area (Å²) in [7, 11) is 0. The van der Waals surface area contributed by atoms with Gasteiger partial charge in [0.2, 0.25) is 0 Å². The summed E-state index contributed by atoms with van der Waals surface area (Å²) < 4.78 is 14.3. The van der Waals surface area contributed by atoms with Crippen LogP contribution < -0.4 is 10.2 Å². The Morgan fingerprint density at radius 3 is 2.75 bits per heavy atom. The first-order valence-corrected chi connectivity index (χ1v) is 7.64. The molecule has 0 spiro atoms. The highest BCUT2D eigenvalue weighted by molar-refractivity contribution is 5.52. The molecule has 0 radical (unpaired) electrons. The molecule has 1 aliphatic heterocycles. The minimum Gasteiger partial charge on any atom is -0.363 e. The van der Waals surface area contributed by atoms with E-state index in [0.29, 0.717) is 12.0 Å². The lowest BCUT2D eigenvalue weighted by Crippen LogP contribution is -2.64. The van der Waals surface area contributed by atoms with Crippen molar-refractivity contribution in [3.8, 4) is 0 Å². The van der Waals surface area contributed by atoms with Gasteiger partial charge < -0.3 is 10.2 Å². The summed E-state index contributed by atoms with van der Waals surface area (Å²) in [6.45, 7) is 12.6. The molecule has 2 unspecified atom stereocenters. The molecule has 1 aromatic rings. The van der Waals surface area contributed by atoms with Crippen LogP contribution in [0.5, 0.6) is 0 Å². The Kier molecular flexibility index (Phi) is 4.38. The maximum Gasteiger partial charge on any atom is 0.146 e. The fourth-order valence-corrected chi connectivity index (χ4v) is 2.95. The van der Waals surface area contributed by atoms with Crippen molar-refractivity contribution in [2.75, 3.05) is 18.0 Å². The molecule has 112 valence electrons. The molecule has 0 aliphatic carbocycles. The minimum atomic E-state index is -0.110. The minimum absolute atomic E-state index is 0.0571. The van der Waals surface area contributed by atoms with Crippen molar-refractivity contribution >= 4 is 5.69 Å². The van der Waals surface area contributed by atoms with E-state index in [-0.39, 0.29) is 11.4 Å². The van der Waals surface area contributed by atoms with E-state index in [1.807, 2.05) is 19.1 Å². The van der Waals surface area contributed by atoms with Gasteiger partial charge >= 0.3 is 0 Å². The lowest BCUT2D eigenvalue weighted by atomic mass is 9.89. The Labute approximate surface area is 122 Å². The molecular weight excluding hydrogens is 251 g/mol. The zero-order valence-corrected chi connectivity index (χ0v) is 13.3. The monoisotopic (exact) mass is 278 g/mol. The van der Waals surface area contributed by atoms with E-state index in [9.17, 15) is 4.39 Å². The van der Waals surface area contributed by atoms with Crippen LogP contribution >= 0.6 is 0 Å². The van der Waals surface area contributed by atoms with Crippen LogP contribution in [-0.4, -0.2) is 24.7 Å². The van der Waals surface area contributed by atoms with Crippen molar-refractivity contribution in [3.63, 3.8) is 0 Å². The lowest BCUT2D eigenvalue weighted by Gasteiger charge is -2.48. The van der Waals surface area contributed by atoms with E-state index < -0.39 is 0 Å². The van der Waals surface area contributed by atoms with Crippen LogP contribution in [0.4, 0.5) is 10.1 Å². The van der Waals surface area contributed by atoms with Gasteiger partial charge in [-0.25, -0.2) is 4.39 Å². The van der Waals surface area contributed by atoms with Crippen LogP contribution in [0.15, 0.2) is 18.2 Å². The number of aryl methyl sites for hydroxylation is 1. The predicted octanol–water partition coefficient (Wildman–Crippen LogP) is 3.74. The third-order valence-corrected chi connectivity index (χ3v) is 4.62. The van der Waals surface area contributed by atoms with Crippen molar-refractivity contribution in [1.29, 1.82) is 0 Å². The standard InChI is InChI=1S/C17H27FN2/c1-6-17(5)11-20(16(10-19-17)12(2)3)15-9-13(4)7-8-14(15)18/h7-9,12,16,19H,6,10-11H2,1-5H3. The number of halogens is 1. The van der Waals surface area contributed by atoms with E-state index in [2.05, 4.69) is 37.9 Å². The highest BCUT2D eigenvalue weighted by Crippen LogP contribution is 2.30. The largest absolute Gasteiger partial charge is 0.363 e. The second-order valence-electron chi connectivity index (χ2n) is 6.69. The summed E-state index contributed by atoms with van der Waals surface area (Å²) in [6, 6.07) is 5.75. The number of hydrogen-bond donors (Lipinski definition) is 1. The van der Waals surface area contributed by atoms with Gasteiger partial charge in [-0.15, -0.1) is 0 Å². The molecule has 0 amide bonds. The Morgan fingerprint density at radius 1 is 1.45 bits per heavy atom. The van der Waals surface area contributed by atoms with Crippen LogP contribution in [0, 0.1) is 18.7 Å². The van der Waals surface area contributed by atoms with Crippen LogP contribution in [0.1, 0.15) is 39.7 Å². The van der Waals surface area contributed by atoms with Crippen molar-refractivity contribution in [2.45, 2.75) is 52.6 Å². The van der Waals surface area contributed by atoms with E-state index >= 15 is 0 Å². The van der Waals surface area contributed by atoms with Gasteiger partial charge in [0.15, 0.2) is 0 Å². The molecule has 2 rings (SSSR count). The van der Waals surface area contributed by atoms with Crippen molar-refractivity contribution < 1.29 is 4.39 Å². The number of anilines is 1. The fraction of sp³-hybridized carbons (Fsp3) is 0.647. The molecule has 0 aromatic heterocycles. The molecular formula is C17H27FN2. The first-order valence-electron chi connectivity index (χ1n) is 7.64.